The van der Waals surface area contributed by atoms with Gasteiger partial charge in [-0.3, -0.25) is 24.4 Å². The zero-order chi connectivity index (χ0) is 33.1. The molecule has 3 amide bonds. The molecule has 0 unspecified atom stereocenters. The van der Waals surface area contributed by atoms with Gasteiger partial charge in [-0.2, -0.15) is 0 Å². The fourth-order valence-electron chi connectivity index (χ4n) is 5.45. The lowest BCUT2D eigenvalue weighted by molar-refractivity contribution is 0.0949. The van der Waals surface area contributed by atoms with Crippen molar-refractivity contribution in [3.63, 3.8) is 0 Å². The van der Waals surface area contributed by atoms with Crippen LogP contribution in [0.2, 0.25) is 0 Å². The van der Waals surface area contributed by atoms with Crippen molar-refractivity contribution in [2.45, 2.75) is 19.8 Å². The van der Waals surface area contributed by atoms with Gasteiger partial charge in [-0.05, 0) is 76.4 Å². The van der Waals surface area contributed by atoms with Crippen LogP contribution in [0.15, 0.2) is 85.3 Å². The van der Waals surface area contributed by atoms with Crippen LogP contribution in [0.4, 0.5) is 0 Å². The molecule has 5 N–H and O–H groups in total. The van der Waals surface area contributed by atoms with Crippen LogP contribution >= 0.6 is 0 Å². The van der Waals surface area contributed by atoms with Crippen molar-refractivity contribution in [1.82, 2.24) is 30.6 Å². The molecular formula is C37H31N7O3. The lowest BCUT2D eigenvalue weighted by Gasteiger charge is -2.14. The van der Waals surface area contributed by atoms with Crippen LogP contribution in [0.1, 0.15) is 62.4 Å². The van der Waals surface area contributed by atoms with E-state index < -0.39 is 5.91 Å². The molecule has 4 aromatic heterocycles. The SMILES string of the molecule is CNC(=O)c1c[nH]c2c(C(C)C)cc(-c3cccc4cc(-c5ccc(C(=O)NCC#Cc6cccc(C(N)=O)n6)nc5)ncc34)cc12. The predicted octanol–water partition coefficient (Wildman–Crippen LogP) is 5.20. The van der Waals surface area contributed by atoms with Gasteiger partial charge in [0, 0.05) is 47.5 Å². The zero-order valence-corrected chi connectivity index (χ0v) is 26.0. The van der Waals surface area contributed by atoms with Gasteiger partial charge in [0.15, 0.2) is 0 Å². The summed E-state index contributed by atoms with van der Waals surface area (Å²) in [4.78, 5) is 53.0. The van der Waals surface area contributed by atoms with Gasteiger partial charge in [0.1, 0.15) is 17.1 Å². The van der Waals surface area contributed by atoms with Gasteiger partial charge in [-0.1, -0.05) is 44.0 Å². The Morgan fingerprint density at radius 2 is 1.72 bits per heavy atom. The molecule has 4 heterocycles. The number of nitrogens with two attached hydrogens (primary N) is 1. The molecule has 10 nitrogen and oxygen atoms in total. The molecule has 0 aliphatic carbocycles. The number of pyridine rings is 3. The molecule has 0 bridgehead atoms. The van der Waals surface area contributed by atoms with Crippen molar-refractivity contribution < 1.29 is 14.4 Å². The second-order valence-corrected chi connectivity index (χ2v) is 11.2. The molecule has 0 saturated heterocycles. The summed E-state index contributed by atoms with van der Waals surface area (Å²) in [6, 6.07) is 20.6. The van der Waals surface area contributed by atoms with Crippen molar-refractivity contribution in [2.75, 3.05) is 13.6 Å². The average Bonchev–Trinajstić information content (AvgIpc) is 3.53. The fraction of sp³-hybridized carbons (Fsp3) is 0.135. The summed E-state index contributed by atoms with van der Waals surface area (Å²) < 4.78 is 0. The van der Waals surface area contributed by atoms with Crippen LogP contribution in [0.3, 0.4) is 0 Å². The third-order valence-electron chi connectivity index (χ3n) is 7.84. The molecule has 47 heavy (non-hydrogen) atoms. The van der Waals surface area contributed by atoms with Crippen molar-refractivity contribution in [3.8, 4) is 34.2 Å². The first-order valence-electron chi connectivity index (χ1n) is 15.0. The molecule has 6 aromatic rings. The van der Waals surface area contributed by atoms with Gasteiger partial charge in [0.25, 0.3) is 17.7 Å². The standard InChI is InChI=1S/C37H31N7O3/c1-21(2)27-15-24(16-28-30(36(46)39-3)20-43-34(27)28)26-10-4-7-22-17-33(42-19-29(22)26)23-12-13-32(41-18-23)37(47)40-14-6-9-25-8-5-11-31(44-25)35(38)45/h4-5,7-8,10-13,15-21,43H,14H2,1-3H3,(H2,38,45)(H,39,46)(H,40,47). The molecule has 0 saturated carbocycles. The topological polar surface area (TPSA) is 156 Å². The minimum absolute atomic E-state index is 0.0715. The van der Waals surface area contributed by atoms with Gasteiger partial charge in [0.05, 0.1) is 17.8 Å². The molecule has 0 atom stereocenters. The largest absolute Gasteiger partial charge is 0.364 e. The zero-order valence-electron chi connectivity index (χ0n) is 26.0. The first-order valence-corrected chi connectivity index (χ1v) is 15.0. The predicted molar refractivity (Wildman–Crippen MR) is 182 cm³/mol. The minimum atomic E-state index is -0.635. The Morgan fingerprint density at radius 1 is 0.894 bits per heavy atom. The number of nitrogens with zero attached hydrogens (tertiary/aromatic N) is 3. The third kappa shape index (κ3) is 6.28. The van der Waals surface area contributed by atoms with E-state index in [0.29, 0.717) is 11.3 Å². The molecule has 0 radical (unpaired) electrons. The Bertz CT molecular complexity index is 2240. The summed E-state index contributed by atoms with van der Waals surface area (Å²) >= 11 is 0. The quantitative estimate of drug-likeness (QED) is 0.180. The summed E-state index contributed by atoms with van der Waals surface area (Å²) in [6.45, 7) is 4.35. The number of hydrogen-bond acceptors (Lipinski definition) is 6. The fourth-order valence-corrected chi connectivity index (χ4v) is 5.45. The molecule has 0 fully saturated rings. The number of carbonyl (C=O) groups excluding carboxylic acids is 3. The molecule has 232 valence electrons. The summed E-state index contributed by atoms with van der Waals surface area (Å²) in [5.74, 6) is 4.70. The van der Waals surface area contributed by atoms with E-state index in [-0.39, 0.29) is 35.7 Å². The van der Waals surface area contributed by atoms with Gasteiger partial charge < -0.3 is 21.4 Å². The Hall–Kier alpha value is -6.34. The van der Waals surface area contributed by atoms with Crippen LogP contribution < -0.4 is 16.4 Å². The first-order chi connectivity index (χ1) is 22.7. The second-order valence-electron chi connectivity index (χ2n) is 11.2. The molecule has 0 aliphatic heterocycles. The maximum absolute atomic E-state index is 12.6. The lowest BCUT2D eigenvalue weighted by Crippen LogP contribution is -2.24. The monoisotopic (exact) mass is 621 g/mol. The number of benzene rings is 2. The Balaban J connectivity index is 1.22. The van der Waals surface area contributed by atoms with Crippen molar-refractivity contribution >= 4 is 39.4 Å². The molecule has 0 spiro atoms. The van der Waals surface area contributed by atoms with E-state index in [2.05, 4.69) is 69.5 Å². The number of aromatic nitrogens is 4. The average molecular weight is 622 g/mol. The van der Waals surface area contributed by atoms with Crippen LogP contribution in [-0.2, 0) is 0 Å². The number of fused-ring (bicyclic) bond motifs is 2. The summed E-state index contributed by atoms with van der Waals surface area (Å²) in [5.41, 5.74) is 12.2. The van der Waals surface area contributed by atoms with Crippen molar-refractivity contribution in [3.05, 3.63) is 114 Å². The van der Waals surface area contributed by atoms with E-state index in [1.165, 1.54) is 6.07 Å². The van der Waals surface area contributed by atoms with E-state index >= 15 is 0 Å². The summed E-state index contributed by atoms with van der Waals surface area (Å²) in [7, 11) is 1.63. The third-order valence-corrected chi connectivity index (χ3v) is 7.84. The maximum atomic E-state index is 12.6. The molecule has 6 rings (SSSR count). The van der Waals surface area contributed by atoms with E-state index in [0.717, 1.165) is 49.6 Å². The minimum Gasteiger partial charge on any atom is -0.364 e. The smallest absolute Gasteiger partial charge is 0.270 e. The second kappa shape index (κ2) is 12.9. The lowest BCUT2D eigenvalue weighted by atomic mass is 9.91. The van der Waals surface area contributed by atoms with E-state index in [1.54, 1.807) is 43.7 Å². The molecule has 10 heteroatoms. The number of aromatic amines is 1. The van der Waals surface area contributed by atoms with E-state index in [9.17, 15) is 14.4 Å². The maximum Gasteiger partial charge on any atom is 0.270 e. The van der Waals surface area contributed by atoms with Gasteiger partial charge >= 0.3 is 0 Å². The summed E-state index contributed by atoms with van der Waals surface area (Å²) in [6.07, 6.45) is 5.23. The van der Waals surface area contributed by atoms with Gasteiger partial charge in [0.2, 0.25) is 0 Å². The number of hydrogen-bond donors (Lipinski definition) is 4. The van der Waals surface area contributed by atoms with Gasteiger partial charge in [-0.15, -0.1) is 0 Å². The van der Waals surface area contributed by atoms with Crippen LogP contribution in [0.5, 0.6) is 0 Å². The van der Waals surface area contributed by atoms with E-state index in [4.69, 9.17) is 10.7 Å². The highest BCUT2D eigenvalue weighted by Gasteiger charge is 2.18. The normalized spacial score (nSPS) is 10.9. The van der Waals surface area contributed by atoms with Crippen LogP contribution in [0.25, 0.3) is 44.1 Å². The van der Waals surface area contributed by atoms with Gasteiger partial charge in [-0.25, -0.2) is 4.98 Å². The molecular weight excluding hydrogens is 590 g/mol. The Kier molecular flexibility index (Phi) is 8.45. The number of rotatable bonds is 7. The highest BCUT2D eigenvalue weighted by molar-refractivity contribution is 6.09. The molecule has 2 aromatic carbocycles. The Morgan fingerprint density at radius 3 is 2.47 bits per heavy atom. The summed E-state index contributed by atoms with van der Waals surface area (Å²) in [5, 5.41) is 8.29. The van der Waals surface area contributed by atoms with E-state index in [1.807, 2.05) is 24.4 Å². The van der Waals surface area contributed by atoms with Crippen LogP contribution in [-0.4, -0.2) is 51.2 Å². The number of H-pyrrole nitrogens is 1. The van der Waals surface area contributed by atoms with Crippen molar-refractivity contribution in [1.29, 1.82) is 0 Å². The highest BCUT2D eigenvalue weighted by Crippen LogP contribution is 2.36. The number of carbonyl (C=O) groups is 3. The Labute approximate surface area is 270 Å². The number of amides is 3. The molecule has 0 aliphatic rings. The highest BCUT2D eigenvalue weighted by atomic mass is 16.2. The van der Waals surface area contributed by atoms with Crippen molar-refractivity contribution in [2.24, 2.45) is 5.73 Å². The first kappa shape index (κ1) is 30.7. The number of primary amides is 1. The number of nitrogens with one attached hydrogen (secondary N) is 3. The van der Waals surface area contributed by atoms with Crippen LogP contribution in [0, 0.1) is 11.8 Å².